The molecule has 1 saturated heterocycles. The van der Waals surface area contributed by atoms with Crippen LogP contribution in [0.4, 0.5) is 13.2 Å². The molecule has 1 aliphatic rings. The second-order valence-electron chi connectivity index (χ2n) is 8.23. The van der Waals surface area contributed by atoms with Crippen molar-refractivity contribution in [3.63, 3.8) is 0 Å². The van der Waals surface area contributed by atoms with E-state index >= 15 is 0 Å². The van der Waals surface area contributed by atoms with Gasteiger partial charge in [0.05, 0.1) is 23.5 Å². The number of rotatable bonds is 6. The number of hydrogen-bond acceptors (Lipinski definition) is 5. The maximum absolute atomic E-state index is 11.2. The average Bonchev–Trinajstić information content (AvgIpc) is 3.42. The molecule has 2 heterocycles. The molecular weight excluding hydrogens is 499 g/mol. The molecular formula is C25H25ClF3N3O4. The van der Waals surface area contributed by atoms with Gasteiger partial charge in [0.2, 0.25) is 0 Å². The molecule has 1 N–H and O–H groups in total. The van der Waals surface area contributed by atoms with Crippen molar-refractivity contribution < 1.29 is 32.6 Å². The molecule has 36 heavy (non-hydrogen) atoms. The van der Waals surface area contributed by atoms with E-state index in [1.165, 1.54) is 12.8 Å². The first-order valence-electron chi connectivity index (χ1n) is 11.1. The minimum absolute atomic E-state index is 0.449. The number of ether oxygens (including phenoxy) is 1. The van der Waals surface area contributed by atoms with Crippen LogP contribution in [0.15, 0.2) is 42.5 Å². The fourth-order valence-corrected chi connectivity index (χ4v) is 4.04. The van der Waals surface area contributed by atoms with Gasteiger partial charge in [-0.05, 0) is 69.3 Å². The third-order valence-corrected chi connectivity index (χ3v) is 5.86. The number of likely N-dealkylation sites (tertiary alicyclic amines) is 1. The van der Waals surface area contributed by atoms with Crippen LogP contribution in [0.5, 0.6) is 11.5 Å². The van der Waals surface area contributed by atoms with Crippen LogP contribution in [-0.2, 0) is 18.4 Å². The van der Waals surface area contributed by atoms with Gasteiger partial charge in [-0.3, -0.25) is 9.69 Å². The number of carboxylic acids is 1. The summed E-state index contributed by atoms with van der Waals surface area (Å²) in [5, 5.41) is 7.65. The molecule has 192 valence electrons. The first kappa shape index (κ1) is 27.2. The maximum Gasteiger partial charge on any atom is 0.490 e. The summed E-state index contributed by atoms with van der Waals surface area (Å²) in [5.41, 5.74) is 3.68. The Hall–Kier alpha value is -3.37. The van der Waals surface area contributed by atoms with E-state index in [0.29, 0.717) is 22.1 Å². The van der Waals surface area contributed by atoms with Crippen molar-refractivity contribution in [3.8, 4) is 22.8 Å². The number of halogens is 4. The monoisotopic (exact) mass is 523 g/mol. The Bertz CT molecular complexity index is 1220. The minimum atomic E-state index is -5.08. The summed E-state index contributed by atoms with van der Waals surface area (Å²) in [6.45, 7) is 5.25. The number of alkyl halides is 3. The topological polar surface area (TPSA) is 84.7 Å². The Labute approximate surface area is 211 Å². The summed E-state index contributed by atoms with van der Waals surface area (Å²) >= 11 is 6.03. The lowest BCUT2D eigenvalue weighted by Crippen LogP contribution is -2.21. The molecule has 0 radical (unpaired) electrons. The number of aryl methyl sites for hydroxylation is 1. The van der Waals surface area contributed by atoms with Crippen LogP contribution in [-0.4, -0.2) is 51.1 Å². The van der Waals surface area contributed by atoms with E-state index in [1.807, 2.05) is 24.3 Å². The van der Waals surface area contributed by atoms with E-state index in [2.05, 4.69) is 23.4 Å². The van der Waals surface area contributed by atoms with Crippen molar-refractivity contribution >= 4 is 23.9 Å². The summed E-state index contributed by atoms with van der Waals surface area (Å²) in [4.78, 5) is 27.4. The lowest BCUT2D eigenvalue weighted by atomic mass is 10.1. The van der Waals surface area contributed by atoms with Gasteiger partial charge in [0, 0.05) is 23.7 Å². The number of aliphatic carboxylic acids is 1. The van der Waals surface area contributed by atoms with E-state index in [9.17, 15) is 18.0 Å². The summed E-state index contributed by atoms with van der Waals surface area (Å²) in [7, 11) is 2.08. The van der Waals surface area contributed by atoms with Gasteiger partial charge in [-0.15, -0.1) is 0 Å². The molecule has 7 nitrogen and oxygen atoms in total. The van der Waals surface area contributed by atoms with Crippen LogP contribution >= 0.6 is 11.6 Å². The molecule has 1 aliphatic heterocycles. The van der Waals surface area contributed by atoms with Crippen molar-refractivity contribution in [1.82, 2.24) is 14.5 Å². The number of carbonyl (C=O) groups excluding carboxylic acids is 1. The number of aromatic nitrogens is 2. The molecule has 0 unspecified atom stereocenters. The van der Waals surface area contributed by atoms with Crippen molar-refractivity contribution in [1.29, 1.82) is 0 Å². The summed E-state index contributed by atoms with van der Waals surface area (Å²) in [5.74, 6) is -0.567. The molecule has 1 fully saturated rings. The van der Waals surface area contributed by atoms with Crippen LogP contribution in [0.25, 0.3) is 11.3 Å². The van der Waals surface area contributed by atoms with Crippen molar-refractivity contribution in [2.75, 3.05) is 13.1 Å². The van der Waals surface area contributed by atoms with Gasteiger partial charge in [-0.1, -0.05) is 11.6 Å². The number of imidazole rings is 1. The molecule has 0 aliphatic carbocycles. The molecule has 0 saturated carbocycles. The SMILES string of the molecule is Cc1nc(CN2CCCC2)n(C)c1-c1ccc(Oc2cc(Cl)ccc2C=O)cc1.O=C(O)C(F)(F)F. The average molecular weight is 524 g/mol. The Morgan fingerprint density at radius 2 is 1.78 bits per heavy atom. The quantitative estimate of drug-likeness (QED) is 0.406. The zero-order valence-corrected chi connectivity index (χ0v) is 20.4. The highest BCUT2D eigenvalue weighted by molar-refractivity contribution is 6.30. The molecule has 0 atom stereocenters. The third-order valence-electron chi connectivity index (χ3n) is 5.63. The van der Waals surface area contributed by atoms with E-state index in [0.717, 1.165) is 48.7 Å². The molecule has 11 heteroatoms. The van der Waals surface area contributed by atoms with E-state index in [4.69, 9.17) is 31.2 Å². The van der Waals surface area contributed by atoms with Crippen LogP contribution in [0.1, 0.15) is 34.7 Å². The van der Waals surface area contributed by atoms with Crippen molar-refractivity contribution in [2.45, 2.75) is 32.5 Å². The summed E-state index contributed by atoms with van der Waals surface area (Å²) < 4.78 is 39.8. The normalized spacial score (nSPS) is 13.7. The van der Waals surface area contributed by atoms with Crippen molar-refractivity contribution in [3.05, 3.63) is 64.6 Å². The molecule has 0 amide bonds. The van der Waals surface area contributed by atoms with Gasteiger partial charge >= 0.3 is 12.1 Å². The number of benzene rings is 2. The molecule has 1 aromatic heterocycles. The standard InChI is InChI=1S/C23H24ClN3O2.C2HF3O2/c1-16-23(26(2)22(25-16)14-27-11-3-4-12-27)17-6-9-20(10-7-17)29-21-13-19(24)8-5-18(21)15-28;3-2(4,5)1(6)7/h5-10,13,15H,3-4,11-12,14H2,1-2H3;(H,6,7). The lowest BCUT2D eigenvalue weighted by molar-refractivity contribution is -0.192. The molecule has 4 rings (SSSR count). The lowest BCUT2D eigenvalue weighted by Gasteiger charge is -2.14. The summed E-state index contributed by atoms with van der Waals surface area (Å²) in [6.07, 6.45) is -1.77. The predicted octanol–water partition coefficient (Wildman–Crippen LogP) is 5.88. The van der Waals surface area contributed by atoms with Gasteiger partial charge in [-0.2, -0.15) is 13.2 Å². The van der Waals surface area contributed by atoms with Gasteiger partial charge < -0.3 is 14.4 Å². The Balaban J connectivity index is 0.000000454. The number of nitrogens with zero attached hydrogens (tertiary/aromatic N) is 3. The van der Waals surface area contributed by atoms with Crippen LogP contribution in [0.2, 0.25) is 5.02 Å². The number of carbonyl (C=O) groups is 2. The molecule has 0 spiro atoms. The fourth-order valence-electron chi connectivity index (χ4n) is 3.88. The van der Waals surface area contributed by atoms with Crippen LogP contribution in [0.3, 0.4) is 0 Å². The predicted molar refractivity (Wildman–Crippen MR) is 128 cm³/mol. The molecule has 3 aromatic rings. The Morgan fingerprint density at radius 1 is 1.17 bits per heavy atom. The smallest absolute Gasteiger partial charge is 0.475 e. The molecule has 2 aromatic carbocycles. The first-order chi connectivity index (χ1) is 17.0. The summed E-state index contributed by atoms with van der Waals surface area (Å²) in [6, 6.07) is 12.8. The zero-order valence-electron chi connectivity index (χ0n) is 19.7. The highest BCUT2D eigenvalue weighted by Gasteiger charge is 2.38. The fraction of sp³-hybridized carbons (Fsp3) is 0.320. The highest BCUT2D eigenvalue weighted by Crippen LogP contribution is 2.31. The molecule has 0 bridgehead atoms. The van der Waals surface area contributed by atoms with Crippen LogP contribution in [0, 0.1) is 6.92 Å². The Morgan fingerprint density at radius 3 is 2.33 bits per heavy atom. The largest absolute Gasteiger partial charge is 0.490 e. The first-order valence-corrected chi connectivity index (χ1v) is 11.4. The maximum atomic E-state index is 11.2. The third kappa shape index (κ3) is 6.86. The van der Waals surface area contributed by atoms with E-state index in [-0.39, 0.29) is 0 Å². The van der Waals surface area contributed by atoms with Gasteiger partial charge in [-0.25, -0.2) is 9.78 Å². The second-order valence-corrected chi connectivity index (χ2v) is 8.67. The van der Waals surface area contributed by atoms with E-state index in [1.54, 1.807) is 18.2 Å². The van der Waals surface area contributed by atoms with Gasteiger partial charge in [0.1, 0.15) is 17.3 Å². The van der Waals surface area contributed by atoms with E-state index < -0.39 is 12.1 Å². The number of aldehydes is 1. The Kier molecular flexibility index (Phi) is 8.75. The number of carboxylic acid groups (broad SMARTS) is 1. The van der Waals surface area contributed by atoms with Crippen LogP contribution < -0.4 is 4.74 Å². The number of hydrogen-bond donors (Lipinski definition) is 1. The zero-order chi connectivity index (χ0) is 26.5. The minimum Gasteiger partial charge on any atom is -0.475 e. The van der Waals surface area contributed by atoms with Gasteiger partial charge in [0.15, 0.2) is 6.29 Å². The highest BCUT2D eigenvalue weighted by atomic mass is 35.5. The second kappa shape index (κ2) is 11.6. The van der Waals surface area contributed by atoms with Gasteiger partial charge in [0.25, 0.3) is 0 Å². The van der Waals surface area contributed by atoms with Crippen molar-refractivity contribution in [2.24, 2.45) is 7.05 Å².